The number of carbonyl (C=O) groups is 1. The summed E-state index contributed by atoms with van der Waals surface area (Å²) in [6.45, 7) is 3.63. The highest BCUT2D eigenvalue weighted by atomic mass is 16.5. The number of benzene rings is 1. The molecular formula is C18H18N4O2. The number of aryl methyl sites for hydroxylation is 1. The maximum atomic E-state index is 11.4. The second-order valence-corrected chi connectivity index (χ2v) is 5.23. The van der Waals surface area contributed by atoms with Crippen molar-refractivity contribution in [3.8, 4) is 17.4 Å². The number of carbonyl (C=O) groups excluding carboxylic acids is 1. The van der Waals surface area contributed by atoms with Crippen LogP contribution in [0, 0.1) is 6.92 Å². The summed E-state index contributed by atoms with van der Waals surface area (Å²) in [5.74, 6) is 2.46. The van der Waals surface area contributed by atoms with Gasteiger partial charge in [0.25, 0.3) is 0 Å². The van der Waals surface area contributed by atoms with E-state index in [1.807, 2.05) is 42.9 Å². The molecule has 0 saturated carbocycles. The van der Waals surface area contributed by atoms with Crippen LogP contribution in [-0.2, 0) is 4.79 Å². The van der Waals surface area contributed by atoms with Crippen molar-refractivity contribution < 1.29 is 9.53 Å². The Balaban J connectivity index is 1.77. The van der Waals surface area contributed by atoms with Gasteiger partial charge in [0.2, 0.25) is 11.8 Å². The van der Waals surface area contributed by atoms with Gasteiger partial charge >= 0.3 is 0 Å². The topological polar surface area (TPSA) is 69.0 Å². The largest absolute Gasteiger partial charge is 0.439 e. The van der Waals surface area contributed by atoms with Crippen LogP contribution in [0.5, 0.6) is 11.6 Å². The normalized spacial score (nSPS) is 10.4. The van der Waals surface area contributed by atoms with Crippen LogP contribution in [0.25, 0.3) is 5.82 Å². The van der Waals surface area contributed by atoms with E-state index in [1.54, 1.807) is 30.3 Å². The predicted octanol–water partition coefficient (Wildman–Crippen LogP) is 3.72. The fraction of sp³-hybridized carbons (Fsp3) is 0.167. The van der Waals surface area contributed by atoms with Crippen molar-refractivity contribution in [1.29, 1.82) is 0 Å². The molecule has 1 amide bonds. The lowest BCUT2D eigenvalue weighted by atomic mass is 10.3. The zero-order valence-corrected chi connectivity index (χ0v) is 13.6. The highest BCUT2D eigenvalue weighted by Crippen LogP contribution is 2.23. The van der Waals surface area contributed by atoms with Crippen molar-refractivity contribution in [1.82, 2.24) is 14.5 Å². The van der Waals surface area contributed by atoms with E-state index in [1.165, 1.54) is 0 Å². The van der Waals surface area contributed by atoms with E-state index in [4.69, 9.17) is 4.74 Å². The number of nitrogens with one attached hydrogen (secondary N) is 1. The van der Waals surface area contributed by atoms with Crippen LogP contribution in [0.3, 0.4) is 0 Å². The third kappa shape index (κ3) is 3.78. The molecule has 0 aliphatic rings. The molecule has 0 aliphatic carbocycles. The molecule has 0 atom stereocenters. The van der Waals surface area contributed by atoms with E-state index in [0.29, 0.717) is 23.9 Å². The highest BCUT2D eigenvalue weighted by molar-refractivity contribution is 5.90. The number of amides is 1. The molecule has 24 heavy (non-hydrogen) atoms. The SMILES string of the molecule is CCC(=O)Nc1ccc(Oc2cc(-n3cccc3)nc(C)n2)cc1. The molecule has 0 radical (unpaired) electrons. The Kier molecular flexibility index (Phi) is 4.56. The first kappa shape index (κ1) is 15.7. The van der Waals surface area contributed by atoms with Crippen molar-refractivity contribution in [3.63, 3.8) is 0 Å². The van der Waals surface area contributed by atoms with Crippen molar-refractivity contribution >= 4 is 11.6 Å². The first-order chi connectivity index (χ1) is 11.6. The fourth-order valence-corrected chi connectivity index (χ4v) is 2.17. The zero-order valence-electron chi connectivity index (χ0n) is 13.6. The standard InChI is InChI=1S/C18H18N4O2/c1-3-17(23)21-14-6-8-15(9-7-14)24-18-12-16(19-13(2)20-18)22-10-4-5-11-22/h4-12H,3H2,1-2H3,(H,21,23). The molecule has 0 saturated heterocycles. The summed E-state index contributed by atoms with van der Waals surface area (Å²) in [5, 5.41) is 2.80. The molecule has 3 aromatic rings. The van der Waals surface area contributed by atoms with Crippen LogP contribution in [0.2, 0.25) is 0 Å². The van der Waals surface area contributed by atoms with E-state index in [-0.39, 0.29) is 5.91 Å². The van der Waals surface area contributed by atoms with Gasteiger partial charge in [-0.1, -0.05) is 6.92 Å². The number of aromatic nitrogens is 3. The second kappa shape index (κ2) is 6.95. The molecule has 0 bridgehead atoms. The molecule has 6 heteroatoms. The van der Waals surface area contributed by atoms with Crippen molar-refractivity contribution in [2.45, 2.75) is 20.3 Å². The van der Waals surface area contributed by atoms with Gasteiger partial charge in [-0.05, 0) is 43.3 Å². The monoisotopic (exact) mass is 322 g/mol. The summed E-state index contributed by atoms with van der Waals surface area (Å²) in [5.41, 5.74) is 0.737. The van der Waals surface area contributed by atoms with Gasteiger partial charge in [0.1, 0.15) is 17.4 Å². The van der Waals surface area contributed by atoms with Crippen LogP contribution in [0.1, 0.15) is 19.2 Å². The third-order valence-corrected chi connectivity index (χ3v) is 3.35. The Hall–Kier alpha value is -3.15. The Morgan fingerprint density at radius 2 is 1.88 bits per heavy atom. The number of hydrogen-bond donors (Lipinski definition) is 1. The second-order valence-electron chi connectivity index (χ2n) is 5.23. The lowest BCUT2D eigenvalue weighted by molar-refractivity contribution is -0.115. The molecule has 0 aliphatic heterocycles. The first-order valence-corrected chi connectivity index (χ1v) is 7.71. The number of ether oxygens (including phenoxy) is 1. The molecule has 2 heterocycles. The molecule has 0 fully saturated rings. The Bertz CT molecular complexity index is 827. The van der Waals surface area contributed by atoms with Crippen LogP contribution < -0.4 is 10.1 Å². The Labute approximate surface area is 140 Å². The summed E-state index contributed by atoms with van der Waals surface area (Å²) in [4.78, 5) is 20.1. The van der Waals surface area contributed by atoms with Crippen LogP contribution in [-0.4, -0.2) is 20.4 Å². The molecule has 0 unspecified atom stereocenters. The quantitative estimate of drug-likeness (QED) is 0.777. The van der Waals surface area contributed by atoms with Crippen molar-refractivity contribution in [2.75, 3.05) is 5.32 Å². The van der Waals surface area contributed by atoms with Gasteiger partial charge in [-0.3, -0.25) is 4.79 Å². The van der Waals surface area contributed by atoms with Crippen molar-refractivity contribution in [3.05, 3.63) is 60.7 Å². The number of anilines is 1. The summed E-state index contributed by atoms with van der Waals surface area (Å²) < 4.78 is 7.70. The molecule has 0 spiro atoms. The number of rotatable bonds is 5. The fourth-order valence-electron chi connectivity index (χ4n) is 2.17. The smallest absolute Gasteiger partial charge is 0.224 e. The van der Waals surface area contributed by atoms with Gasteiger partial charge in [-0.15, -0.1) is 0 Å². The zero-order chi connectivity index (χ0) is 16.9. The van der Waals surface area contributed by atoms with Gasteiger partial charge in [-0.2, -0.15) is 4.98 Å². The van der Waals surface area contributed by atoms with Crippen molar-refractivity contribution in [2.24, 2.45) is 0 Å². The van der Waals surface area contributed by atoms with Crippen LogP contribution in [0.15, 0.2) is 54.9 Å². The van der Waals surface area contributed by atoms with E-state index in [0.717, 1.165) is 11.5 Å². The van der Waals surface area contributed by atoms with E-state index in [9.17, 15) is 4.79 Å². The van der Waals surface area contributed by atoms with Gasteiger partial charge in [0, 0.05) is 30.6 Å². The van der Waals surface area contributed by atoms with Gasteiger partial charge in [0.15, 0.2) is 0 Å². The molecule has 2 aromatic heterocycles. The van der Waals surface area contributed by atoms with Crippen LogP contribution >= 0.6 is 0 Å². The molecular weight excluding hydrogens is 304 g/mol. The Morgan fingerprint density at radius 3 is 2.54 bits per heavy atom. The minimum atomic E-state index is -0.0218. The molecule has 1 N–H and O–H groups in total. The average Bonchev–Trinajstić information content (AvgIpc) is 3.10. The van der Waals surface area contributed by atoms with Crippen LogP contribution in [0.4, 0.5) is 5.69 Å². The third-order valence-electron chi connectivity index (χ3n) is 3.35. The van der Waals surface area contributed by atoms with Gasteiger partial charge in [-0.25, -0.2) is 4.98 Å². The van der Waals surface area contributed by atoms with Gasteiger partial charge in [0.05, 0.1) is 0 Å². The van der Waals surface area contributed by atoms with Gasteiger partial charge < -0.3 is 14.6 Å². The summed E-state index contributed by atoms with van der Waals surface area (Å²) in [6.07, 6.45) is 4.27. The van der Waals surface area contributed by atoms with E-state index in [2.05, 4.69) is 15.3 Å². The van der Waals surface area contributed by atoms with E-state index >= 15 is 0 Å². The molecule has 122 valence electrons. The predicted molar refractivity (Wildman–Crippen MR) is 91.5 cm³/mol. The van der Waals surface area contributed by atoms with E-state index < -0.39 is 0 Å². The highest BCUT2D eigenvalue weighted by Gasteiger charge is 2.06. The maximum absolute atomic E-state index is 11.4. The first-order valence-electron chi connectivity index (χ1n) is 7.71. The molecule has 3 rings (SSSR count). The molecule has 6 nitrogen and oxygen atoms in total. The summed E-state index contributed by atoms with van der Waals surface area (Å²) in [6, 6.07) is 12.8. The number of nitrogens with zero attached hydrogens (tertiary/aromatic N) is 3. The number of hydrogen-bond acceptors (Lipinski definition) is 4. The minimum Gasteiger partial charge on any atom is -0.439 e. The minimum absolute atomic E-state index is 0.0218. The maximum Gasteiger partial charge on any atom is 0.224 e. The molecule has 1 aromatic carbocycles. The summed E-state index contributed by atoms with van der Waals surface area (Å²) >= 11 is 0. The summed E-state index contributed by atoms with van der Waals surface area (Å²) in [7, 11) is 0. The Morgan fingerprint density at radius 1 is 1.17 bits per heavy atom. The average molecular weight is 322 g/mol. The lowest BCUT2D eigenvalue weighted by Gasteiger charge is -2.09. The lowest BCUT2D eigenvalue weighted by Crippen LogP contribution is -2.09.